The van der Waals surface area contributed by atoms with E-state index in [1.165, 1.54) is 16.2 Å². The van der Waals surface area contributed by atoms with E-state index in [2.05, 4.69) is 55.8 Å². The van der Waals surface area contributed by atoms with Crippen molar-refractivity contribution in [3.05, 3.63) is 94.7 Å². The van der Waals surface area contributed by atoms with Crippen LogP contribution >= 0.6 is 0 Å². The second-order valence-corrected chi connectivity index (χ2v) is 17.8. The van der Waals surface area contributed by atoms with Gasteiger partial charge in [-0.3, -0.25) is 4.79 Å². The van der Waals surface area contributed by atoms with E-state index >= 15 is 0 Å². The summed E-state index contributed by atoms with van der Waals surface area (Å²) >= 11 is -1.02. The Morgan fingerprint density at radius 3 is 2.44 bits per heavy atom. The number of rotatable bonds is 8. The zero-order valence-electron chi connectivity index (χ0n) is 21.3. The molecule has 0 atom stereocenters. The summed E-state index contributed by atoms with van der Waals surface area (Å²) in [5.74, 6) is -0.235. The van der Waals surface area contributed by atoms with Gasteiger partial charge in [-0.2, -0.15) is 5.26 Å². The van der Waals surface area contributed by atoms with Crippen LogP contribution in [0.15, 0.2) is 66.9 Å². The van der Waals surface area contributed by atoms with Gasteiger partial charge >= 0.3 is 128 Å². The molecule has 0 aliphatic carbocycles. The number of hydrogen-bond donors (Lipinski definition) is 2. The predicted octanol–water partition coefficient (Wildman–Crippen LogP) is 6.49. The van der Waals surface area contributed by atoms with Crippen LogP contribution in [0.4, 0.5) is 5.69 Å². The van der Waals surface area contributed by atoms with Gasteiger partial charge in [-0.05, 0) is 25.5 Å². The van der Waals surface area contributed by atoms with E-state index in [1.54, 1.807) is 0 Å². The summed E-state index contributed by atoms with van der Waals surface area (Å²) in [4.78, 5) is 22.4. The predicted molar refractivity (Wildman–Crippen MR) is 150 cm³/mol. The minimum atomic E-state index is -1.02. The normalized spacial score (nSPS) is 11.0. The van der Waals surface area contributed by atoms with Crippen LogP contribution in [0.2, 0.25) is 14.3 Å². The monoisotopic (exact) mass is 583 g/mol. The van der Waals surface area contributed by atoms with Gasteiger partial charge in [0.2, 0.25) is 0 Å². The molecule has 0 saturated heterocycles. The van der Waals surface area contributed by atoms with Crippen molar-refractivity contribution < 1.29 is 4.79 Å². The van der Waals surface area contributed by atoms with Crippen molar-refractivity contribution in [2.24, 2.45) is 0 Å². The summed E-state index contributed by atoms with van der Waals surface area (Å²) in [6, 6.07) is 22.4. The number of hydrogen-bond acceptors (Lipinski definition) is 4. The van der Waals surface area contributed by atoms with Gasteiger partial charge in [0.05, 0.1) is 11.3 Å². The van der Waals surface area contributed by atoms with Crippen LogP contribution in [-0.4, -0.2) is 37.2 Å². The minimum Gasteiger partial charge on any atom is -0.0556 e. The van der Waals surface area contributed by atoms with Crippen LogP contribution < -0.4 is 10.6 Å². The number of benzene rings is 3. The number of amides is 1. The summed E-state index contributed by atoms with van der Waals surface area (Å²) in [5.41, 5.74) is 7.56. The SMILES string of the molecule is Cc1ccc(C(=O)Nc2c(C#N)cnc3cc(-c4ccc(CNC[CH2][Sn]([CH3])[CH3])cc4)ccc23)c(C)c1. The Bertz CT molecular complexity index is 1440. The molecule has 1 heterocycles. The van der Waals surface area contributed by atoms with E-state index in [0.29, 0.717) is 16.8 Å². The van der Waals surface area contributed by atoms with E-state index in [4.69, 9.17) is 0 Å². The van der Waals surface area contributed by atoms with Gasteiger partial charge in [-0.15, -0.1) is 0 Å². The molecule has 4 rings (SSSR count). The average molecular weight is 582 g/mol. The smallest absolute Gasteiger partial charge is 0.0556 e. The van der Waals surface area contributed by atoms with Crippen molar-refractivity contribution in [2.75, 3.05) is 11.9 Å². The second kappa shape index (κ2) is 11.7. The van der Waals surface area contributed by atoms with E-state index in [9.17, 15) is 10.1 Å². The molecule has 2 N–H and O–H groups in total. The molecule has 1 radical (unpaired) electrons. The number of nitrogens with one attached hydrogen (secondary N) is 2. The van der Waals surface area contributed by atoms with Gasteiger partial charge in [0, 0.05) is 11.8 Å². The van der Waals surface area contributed by atoms with E-state index in [1.807, 2.05) is 50.2 Å². The molecule has 0 aliphatic heterocycles. The molecule has 0 spiro atoms. The first-order valence-corrected chi connectivity index (χ1v) is 19.9. The second-order valence-electron chi connectivity index (χ2n) is 9.49. The maximum absolute atomic E-state index is 13.1. The zero-order chi connectivity index (χ0) is 25.7. The first-order valence-electron chi connectivity index (χ1n) is 12.2. The van der Waals surface area contributed by atoms with Crippen molar-refractivity contribution in [1.82, 2.24) is 10.3 Å². The van der Waals surface area contributed by atoms with Crippen molar-refractivity contribution in [3.8, 4) is 17.2 Å². The summed E-state index contributed by atoms with van der Waals surface area (Å²) < 4.78 is 1.37. The molecule has 0 unspecified atom stereocenters. The number of aryl methyl sites for hydroxylation is 2. The number of nitriles is 1. The molecule has 181 valence electrons. The molecule has 1 amide bonds. The zero-order valence-corrected chi connectivity index (χ0v) is 24.1. The summed E-state index contributed by atoms with van der Waals surface area (Å²) in [7, 11) is 0. The summed E-state index contributed by atoms with van der Waals surface area (Å²) in [5, 5.41) is 16.9. The Morgan fingerprint density at radius 2 is 1.75 bits per heavy atom. The van der Waals surface area contributed by atoms with E-state index in [0.717, 1.165) is 46.2 Å². The van der Waals surface area contributed by atoms with Crippen molar-refractivity contribution in [3.63, 3.8) is 0 Å². The van der Waals surface area contributed by atoms with Crippen LogP contribution in [-0.2, 0) is 6.54 Å². The molecule has 36 heavy (non-hydrogen) atoms. The topological polar surface area (TPSA) is 77.8 Å². The van der Waals surface area contributed by atoms with Crippen LogP contribution in [0, 0.1) is 25.2 Å². The third-order valence-corrected chi connectivity index (χ3v) is 9.84. The summed E-state index contributed by atoms with van der Waals surface area (Å²) in [6.45, 7) is 5.90. The third-order valence-electron chi connectivity index (χ3n) is 6.27. The molecule has 1 aromatic heterocycles. The molecule has 0 aliphatic rings. The van der Waals surface area contributed by atoms with Crippen molar-refractivity contribution >= 4 is 42.3 Å². The molecule has 0 bridgehead atoms. The molecular formula is C30H31N4OSn. The minimum absolute atomic E-state index is 0.235. The molecule has 5 nitrogen and oxygen atoms in total. The fourth-order valence-corrected chi connectivity index (χ4v) is 6.16. The van der Waals surface area contributed by atoms with Gasteiger partial charge in [0.1, 0.15) is 6.07 Å². The number of anilines is 1. The number of nitrogens with zero attached hydrogens (tertiary/aromatic N) is 2. The van der Waals surface area contributed by atoms with Crippen molar-refractivity contribution in [1.29, 1.82) is 5.26 Å². The summed E-state index contributed by atoms with van der Waals surface area (Å²) in [6.07, 6.45) is 1.53. The molecule has 6 heteroatoms. The Morgan fingerprint density at radius 1 is 1.00 bits per heavy atom. The fourth-order valence-electron chi connectivity index (χ4n) is 4.23. The Balaban J connectivity index is 1.58. The molecule has 0 fully saturated rings. The van der Waals surface area contributed by atoms with Crippen molar-refractivity contribution in [2.45, 2.75) is 34.7 Å². The van der Waals surface area contributed by atoms with Gasteiger partial charge in [-0.1, -0.05) is 17.7 Å². The number of pyridine rings is 1. The first kappa shape index (κ1) is 25.9. The van der Waals surface area contributed by atoms with Crippen LogP contribution in [0.1, 0.15) is 32.6 Å². The standard InChI is InChI=1S/C28H25N4O.2CH3.Sn/c1-4-30-16-20-6-8-21(9-7-20)22-10-12-25-26(14-22)31-17-23(15-29)27(25)32-28(33)24-11-5-18(2)13-19(24)3;;;/h5-14,17,30H,1,4,16H2,2-3H3,(H,31,32,33);2*1H3;. The van der Waals surface area contributed by atoms with Gasteiger partial charge in [-0.25, -0.2) is 0 Å². The van der Waals surface area contributed by atoms with E-state index < -0.39 is 19.8 Å². The van der Waals surface area contributed by atoms with E-state index in [-0.39, 0.29) is 5.91 Å². The molecule has 4 aromatic rings. The molecule has 0 saturated carbocycles. The number of aromatic nitrogens is 1. The number of fused-ring (bicyclic) bond motifs is 1. The third kappa shape index (κ3) is 6.12. The van der Waals surface area contributed by atoms with Gasteiger partial charge in [0.15, 0.2) is 0 Å². The fraction of sp³-hybridized carbons (Fsp3) is 0.233. The number of carbonyl (C=O) groups excluding carboxylic acids is 1. The van der Waals surface area contributed by atoms with Crippen LogP contribution in [0.3, 0.4) is 0 Å². The Labute approximate surface area is 220 Å². The molecule has 3 aromatic carbocycles. The average Bonchev–Trinajstić information content (AvgIpc) is 2.86. The van der Waals surface area contributed by atoms with Gasteiger partial charge < -0.3 is 5.32 Å². The first-order chi connectivity index (χ1) is 17.4. The quantitative estimate of drug-likeness (QED) is 0.184. The Hall–Kier alpha value is -3.21. The molecular weight excluding hydrogens is 551 g/mol. The van der Waals surface area contributed by atoms with Crippen LogP contribution in [0.5, 0.6) is 0 Å². The maximum atomic E-state index is 13.1. The van der Waals surface area contributed by atoms with Gasteiger partial charge in [0.25, 0.3) is 5.91 Å². The number of carbonyl (C=O) groups is 1. The van der Waals surface area contributed by atoms with Crippen LogP contribution in [0.25, 0.3) is 22.0 Å². The Kier molecular flexibility index (Phi) is 8.39.